The van der Waals surface area contributed by atoms with Crippen molar-refractivity contribution in [2.24, 2.45) is 0 Å². The van der Waals surface area contributed by atoms with E-state index in [1.54, 1.807) is 0 Å². The van der Waals surface area contributed by atoms with Gasteiger partial charge in [0.1, 0.15) is 0 Å². The summed E-state index contributed by atoms with van der Waals surface area (Å²) in [5.74, 6) is -3.30. The van der Waals surface area contributed by atoms with Gasteiger partial charge in [0, 0.05) is 10.0 Å². The van der Waals surface area contributed by atoms with E-state index >= 15 is 4.39 Å². The summed E-state index contributed by atoms with van der Waals surface area (Å²) >= 11 is 3.23. The Morgan fingerprint density at radius 2 is 1.26 bits per heavy atom. The normalized spacial score (nSPS) is 13.1. The van der Waals surface area contributed by atoms with E-state index in [0.29, 0.717) is 4.47 Å². The number of methoxy groups -OCH3 is 1. The molecule has 0 aromatic heterocycles. The largest absolute Gasteiger partial charge is 0.466 e. The van der Waals surface area contributed by atoms with Gasteiger partial charge in [-0.05, 0) is 42.0 Å². The molecule has 1 atom stereocenters. The molecule has 0 aliphatic rings. The van der Waals surface area contributed by atoms with Crippen LogP contribution in [0.3, 0.4) is 0 Å². The zero-order chi connectivity index (χ0) is 25.1. The third kappa shape index (κ3) is 4.33. The molecule has 3 aromatic rings. The molecule has 0 saturated carbocycles. The maximum Gasteiger partial charge on any atom is 0.333 e. The Morgan fingerprint density at radius 3 is 1.65 bits per heavy atom. The van der Waals surface area contributed by atoms with Crippen molar-refractivity contribution in [2.45, 2.75) is 20.0 Å². The van der Waals surface area contributed by atoms with Crippen molar-refractivity contribution >= 4 is 41.6 Å². The van der Waals surface area contributed by atoms with Crippen molar-refractivity contribution in [1.82, 2.24) is 0 Å². The Bertz CT molecular complexity index is 1340. The topological polar surface area (TPSA) is 94.6 Å². The Balaban J connectivity index is 2.47. The lowest BCUT2D eigenvalue weighted by Crippen LogP contribution is -2.48. The first-order chi connectivity index (χ1) is 16.0. The number of benzene rings is 3. The average Bonchev–Trinajstić information content (AvgIpc) is 2.85. The maximum atomic E-state index is 17.5. The lowest BCUT2D eigenvalue weighted by molar-refractivity contribution is -0.136. The quantitative estimate of drug-likeness (QED) is 0.286. The van der Waals surface area contributed by atoms with Gasteiger partial charge in [-0.25, -0.2) is 26.0 Å². The minimum atomic E-state index is -5.29. The van der Waals surface area contributed by atoms with E-state index < -0.39 is 51.3 Å². The van der Waals surface area contributed by atoms with Crippen molar-refractivity contribution in [2.75, 3.05) is 7.11 Å². The highest BCUT2D eigenvalue weighted by molar-refractivity contribution is 9.10. The van der Waals surface area contributed by atoms with Gasteiger partial charge < -0.3 is 4.74 Å². The van der Waals surface area contributed by atoms with Crippen molar-refractivity contribution in [1.29, 1.82) is 0 Å². The third-order valence-electron chi connectivity index (χ3n) is 5.18. The Kier molecular flexibility index (Phi) is 7.44. The molecule has 0 spiro atoms. The smallest absolute Gasteiger partial charge is 0.333 e. The lowest BCUT2D eigenvalue weighted by Gasteiger charge is -2.33. The monoisotopic (exact) mass is 566 g/mol. The zero-order valence-corrected chi connectivity index (χ0v) is 21.1. The minimum Gasteiger partial charge on any atom is -0.466 e. The SMILES string of the molecule is C=C(C(=O)OC)[C@@H](c1ccc(Br)cc1)C(F)(S(=O)(=O)c1ccccc1)S(=O)(=O)c1ccccc1. The second-order valence-electron chi connectivity index (χ2n) is 7.22. The summed E-state index contributed by atoms with van der Waals surface area (Å²) in [7, 11) is -9.57. The van der Waals surface area contributed by atoms with Gasteiger partial charge in [-0.15, -0.1) is 0 Å². The highest BCUT2D eigenvalue weighted by Crippen LogP contribution is 2.50. The molecule has 178 valence electrons. The molecule has 0 aliphatic carbocycles. The van der Waals surface area contributed by atoms with E-state index in [1.807, 2.05) is 0 Å². The van der Waals surface area contributed by atoms with E-state index in [-0.39, 0.29) is 5.56 Å². The number of hydrogen-bond donors (Lipinski definition) is 0. The van der Waals surface area contributed by atoms with Gasteiger partial charge in [0.15, 0.2) is 0 Å². The maximum absolute atomic E-state index is 17.5. The molecule has 0 fully saturated rings. The molecule has 6 nitrogen and oxygen atoms in total. The van der Waals surface area contributed by atoms with Crippen molar-refractivity contribution < 1.29 is 30.8 Å². The molecule has 10 heteroatoms. The molecule has 0 unspecified atom stereocenters. The fraction of sp³-hybridized carbons (Fsp3) is 0.125. The van der Waals surface area contributed by atoms with Crippen LogP contribution in [0.5, 0.6) is 0 Å². The summed E-state index contributed by atoms with van der Waals surface area (Å²) < 4.78 is 73.9. The van der Waals surface area contributed by atoms with E-state index in [2.05, 4.69) is 27.2 Å². The first kappa shape index (κ1) is 25.8. The van der Waals surface area contributed by atoms with Crippen LogP contribution >= 0.6 is 15.9 Å². The standard InChI is InChI=1S/C24H20BrFO6S2/c1-17(23(27)32-2)22(18-13-15-19(25)16-14-18)24(26,33(28,29)20-9-5-3-6-10-20)34(30,31)21-11-7-4-8-12-21/h3-16,22H,1H2,2H3/t22-/m0/s1. The molecular weight excluding hydrogens is 547 g/mol. The Hall–Kier alpha value is -2.82. The number of halogens is 2. The van der Waals surface area contributed by atoms with Gasteiger partial charge in [-0.1, -0.05) is 71.0 Å². The van der Waals surface area contributed by atoms with Gasteiger partial charge in [-0.2, -0.15) is 0 Å². The molecule has 0 heterocycles. The first-order valence-electron chi connectivity index (χ1n) is 9.79. The highest BCUT2D eigenvalue weighted by Gasteiger charge is 2.64. The number of alkyl halides is 1. The number of sulfone groups is 2. The van der Waals surface area contributed by atoms with Gasteiger partial charge in [0.25, 0.3) is 0 Å². The van der Waals surface area contributed by atoms with Crippen molar-refractivity contribution in [3.05, 3.63) is 107 Å². The minimum absolute atomic E-state index is 0.0971. The lowest BCUT2D eigenvalue weighted by atomic mass is 9.92. The summed E-state index contributed by atoms with van der Waals surface area (Å²) in [4.78, 5) is 11.3. The molecule has 0 aliphatic heterocycles. The van der Waals surface area contributed by atoms with Crippen LogP contribution in [0.1, 0.15) is 11.5 Å². The van der Waals surface area contributed by atoms with Crippen LogP contribution in [0, 0.1) is 0 Å². The molecule has 3 aromatic carbocycles. The number of esters is 1. The molecule has 34 heavy (non-hydrogen) atoms. The van der Waals surface area contributed by atoms with Crippen molar-refractivity contribution in [3.8, 4) is 0 Å². The van der Waals surface area contributed by atoms with E-state index in [1.165, 1.54) is 60.7 Å². The second-order valence-corrected chi connectivity index (χ2v) is 12.5. The zero-order valence-electron chi connectivity index (χ0n) is 17.9. The van der Waals surface area contributed by atoms with Crippen LogP contribution in [-0.2, 0) is 29.2 Å². The molecular formula is C24H20BrFO6S2. The number of rotatable bonds is 8. The van der Waals surface area contributed by atoms with Crippen LogP contribution < -0.4 is 0 Å². The first-order valence-corrected chi connectivity index (χ1v) is 13.5. The molecule has 0 N–H and O–H groups in total. The average molecular weight is 567 g/mol. The van der Waals surface area contributed by atoms with E-state index in [4.69, 9.17) is 0 Å². The summed E-state index contributed by atoms with van der Waals surface area (Å²) in [6.07, 6.45) is 0. The summed E-state index contributed by atoms with van der Waals surface area (Å²) in [5.41, 5.74) is -0.772. The number of hydrogen-bond acceptors (Lipinski definition) is 6. The molecule has 0 saturated heterocycles. The van der Waals surface area contributed by atoms with Crippen LogP contribution in [0.15, 0.2) is 111 Å². The van der Waals surface area contributed by atoms with Crippen LogP contribution in [-0.4, -0.2) is 34.2 Å². The Labute approximate surface area is 206 Å². The molecule has 0 radical (unpaired) electrons. The molecule has 3 rings (SSSR count). The summed E-state index contributed by atoms with van der Waals surface area (Å²) in [6.45, 7) is 3.55. The predicted molar refractivity (Wildman–Crippen MR) is 129 cm³/mol. The van der Waals surface area contributed by atoms with Crippen LogP contribution in [0.2, 0.25) is 0 Å². The van der Waals surface area contributed by atoms with Gasteiger partial charge in [-0.3, -0.25) is 0 Å². The number of carbonyl (C=O) groups is 1. The van der Waals surface area contributed by atoms with Gasteiger partial charge in [0.2, 0.25) is 19.7 Å². The fourth-order valence-electron chi connectivity index (χ4n) is 3.49. The highest BCUT2D eigenvalue weighted by atomic mass is 79.9. The third-order valence-corrected chi connectivity index (χ3v) is 10.8. The Morgan fingerprint density at radius 1 is 0.853 bits per heavy atom. The second kappa shape index (κ2) is 9.81. The van der Waals surface area contributed by atoms with E-state index in [9.17, 15) is 21.6 Å². The summed E-state index contributed by atoms with van der Waals surface area (Å²) in [5, 5.41) is 0. The van der Waals surface area contributed by atoms with Crippen LogP contribution in [0.4, 0.5) is 4.39 Å². The van der Waals surface area contributed by atoms with Gasteiger partial charge in [0.05, 0.1) is 22.8 Å². The number of ether oxygens (including phenoxy) is 1. The van der Waals surface area contributed by atoms with Crippen molar-refractivity contribution in [3.63, 3.8) is 0 Å². The number of carbonyl (C=O) groups excluding carboxylic acids is 1. The van der Waals surface area contributed by atoms with Gasteiger partial charge >= 0.3 is 10.3 Å². The summed E-state index contributed by atoms with van der Waals surface area (Å²) in [6, 6.07) is 18.3. The molecule has 0 amide bonds. The fourth-order valence-corrected chi connectivity index (χ4v) is 8.34. The van der Waals surface area contributed by atoms with Crippen LogP contribution in [0.25, 0.3) is 0 Å². The molecule has 0 bridgehead atoms. The predicted octanol–water partition coefficient (Wildman–Crippen LogP) is 4.83. The van der Waals surface area contributed by atoms with E-state index in [0.717, 1.165) is 31.4 Å².